The Kier molecular flexibility index (Phi) is 5.33. The predicted octanol–water partition coefficient (Wildman–Crippen LogP) is 4.31. The van der Waals surface area contributed by atoms with Crippen molar-refractivity contribution in [2.45, 2.75) is 33.2 Å². The second kappa shape index (κ2) is 8.58. The molecule has 8 heteroatoms. The van der Waals surface area contributed by atoms with E-state index >= 15 is 0 Å². The highest BCUT2D eigenvalue weighted by atomic mass is 15.5. The Labute approximate surface area is 185 Å². The standard InChI is InChI=1S/C24H24N8/c1-3-17-15-26-32-22(13-19(4-2)27-24(17)32)25-14-16-9-11-18(12-10-16)20-7-5-6-8-21(20)23-28-30-31-29-23/h5-13,15,25H,3-4,14H2,1-2H3,(H,28,29,30,31). The molecule has 5 rings (SSSR count). The van der Waals surface area contributed by atoms with Gasteiger partial charge in [-0.2, -0.15) is 9.61 Å². The highest BCUT2D eigenvalue weighted by Crippen LogP contribution is 2.29. The molecule has 0 fully saturated rings. The second-order valence-electron chi connectivity index (χ2n) is 7.59. The fourth-order valence-corrected chi connectivity index (χ4v) is 3.82. The average Bonchev–Trinajstić information content (AvgIpc) is 3.53. The molecule has 0 spiro atoms. The Morgan fingerprint density at radius 1 is 0.969 bits per heavy atom. The minimum absolute atomic E-state index is 0.658. The lowest BCUT2D eigenvalue weighted by molar-refractivity contribution is 0.881. The van der Waals surface area contributed by atoms with Crippen LogP contribution in [0.5, 0.6) is 0 Å². The van der Waals surface area contributed by atoms with Crippen LogP contribution >= 0.6 is 0 Å². The largest absolute Gasteiger partial charge is 0.366 e. The van der Waals surface area contributed by atoms with Gasteiger partial charge in [-0.05, 0) is 40.0 Å². The molecule has 0 aliphatic heterocycles. The van der Waals surface area contributed by atoms with Gasteiger partial charge in [-0.25, -0.2) is 10.1 Å². The van der Waals surface area contributed by atoms with Crippen molar-refractivity contribution in [2.75, 3.05) is 5.32 Å². The summed E-state index contributed by atoms with van der Waals surface area (Å²) < 4.78 is 1.90. The van der Waals surface area contributed by atoms with Gasteiger partial charge in [0.15, 0.2) is 11.5 Å². The molecule has 0 atom stereocenters. The van der Waals surface area contributed by atoms with E-state index in [2.05, 4.69) is 81.3 Å². The van der Waals surface area contributed by atoms with E-state index in [1.54, 1.807) is 0 Å². The summed E-state index contributed by atoms with van der Waals surface area (Å²) in [4.78, 5) is 4.76. The Morgan fingerprint density at radius 2 is 1.78 bits per heavy atom. The zero-order valence-electron chi connectivity index (χ0n) is 18.1. The average molecular weight is 425 g/mol. The van der Waals surface area contributed by atoms with Gasteiger partial charge < -0.3 is 5.32 Å². The minimum Gasteiger partial charge on any atom is -0.366 e. The van der Waals surface area contributed by atoms with Crippen LogP contribution in [0.15, 0.2) is 60.8 Å². The first-order chi connectivity index (χ1) is 15.8. The van der Waals surface area contributed by atoms with Crippen LogP contribution in [0.1, 0.15) is 30.7 Å². The summed E-state index contributed by atoms with van der Waals surface area (Å²) in [7, 11) is 0. The van der Waals surface area contributed by atoms with Crippen molar-refractivity contribution in [1.29, 1.82) is 0 Å². The van der Waals surface area contributed by atoms with Crippen molar-refractivity contribution in [3.63, 3.8) is 0 Å². The number of rotatable bonds is 7. The summed E-state index contributed by atoms with van der Waals surface area (Å²) in [6.45, 7) is 4.94. The van der Waals surface area contributed by atoms with Crippen LogP contribution in [-0.2, 0) is 19.4 Å². The molecule has 3 heterocycles. The lowest BCUT2D eigenvalue weighted by Gasteiger charge is -2.12. The SMILES string of the molecule is CCc1cc(NCc2ccc(-c3ccccc3-c3nnn[nH]3)cc2)n2ncc(CC)c2n1. The second-order valence-corrected chi connectivity index (χ2v) is 7.59. The molecule has 8 nitrogen and oxygen atoms in total. The van der Waals surface area contributed by atoms with Gasteiger partial charge in [-0.3, -0.25) is 0 Å². The van der Waals surface area contributed by atoms with Gasteiger partial charge in [0, 0.05) is 29.4 Å². The summed E-state index contributed by atoms with van der Waals surface area (Å²) in [5.74, 6) is 1.62. The van der Waals surface area contributed by atoms with Gasteiger partial charge in [0.25, 0.3) is 0 Å². The van der Waals surface area contributed by atoms with E-state index in [4.69, 9.17) is 4.98 Å². The summed E-state index contributed by atoms with van der Waals surface area (Å²) in [6, 6.07) is 18.7. The smallest absolute Gasteiger partial charge is 0.180 e. The predicted molar refractivity (Wildman–Crippen MR) is 124 cm³/mol. The maximum absolute atomic E-state index is 4.76. The number of H-pyrrole nitrogens is 1. The topological polar surface area (TPSA) is 96.7 Å². The number of aromatic amines is 1. The zero-order valence-corrected chi connectivity index (χ0v) is 18.1. The van der Waals surface area contributed by atoms with E-state index in [1.165, 1.54) is 5.56 Å². The molecule has 0 saturated heterocycles. The molecule has 0 unspecified atom stereocenters. The number of aryl methyl sites for hydroxylation is 2. The maximum Gasteiger partial charge on any atom is 0.180 e. The van der Waals surface area contributed by atoms with Crippen molar-refractivity contribution in [1.82, 2.24) is 35.2 Å². The highest BCUT2D eigenvalue weighted by Gasteiger charge is 2.11. The van der Waals surface area contributed by atoms with Crippen LogP contribution in [0.25, 0.3) is 28.2 Å². The number of hydrogen-bond acceptors (Lipinski definition) is 6. The van der Waals surface area contributed by atoms with Crippen LogP contribution in [0.3, 0.4) is 0 Å². The van der Waals surface area contributed by atoms with Gasteiger partial charge in [-0.15, -0.1) is 5.10 Å². The van der Waals surface area contributed by atoms with Gasteiger partial charge in [0.1, 0.15) is 5.82 Å². The summed E-state index contributed by atoms with van der Waals surface area (Å²) in [6.07, 6.45) is 3.70. The maximum atomic E-state index is 4.76. The Morgan fingerprint density at radius 3 is 2.50 bits per heavy atom. The lowest BCUT2D eigenvalue weighted by Crippen LogP contribution is -2.07. The van der Waals surface area contributed by atoms with Crippen molar-refractivity contribution in [3.8, 4) is 22.5 Å². The van der Waals surface area contributed by atoms with Gasteiger partial charge >= 0.3 is 0 Å². The number of hydrogen-bond donors (Lipinski definition) is 2. The van der Waals surface area contributed by atoms with E-state index in [0.717, 1.165) is 52.3 Å². The summed E-state index contributed by atoms with van der Waals surface area (Å²) in [5, 5.41) is 22.4. The molecule has 0 radical (unpaired) electrons. The number of aromatic nitrogens is 7. The van der Waals surface area contributed by atoms with Crippen molar-refractivity contribution >= 4 is 11.5 Å². The Bertz CT molecular complexity index is 1340. The van der Waals surface area contributed by atoms with Crippen molar-refractivity contribution in [3.05, 3.63) is 77.6 Å². The monoisotopic (exact) mass is 424 g/mol. The van der Waals surface area contributed by atoms with E-state index < -0.39 is 0 Å². The van der Waals surface area contributed by atoms with Crippen LogP contribution < -0.4 is 5.32 Å². The molecule has 2 aromatic carbocycles. The molecule has 0 saturated carbocycles. The van der Waals surface area contributed by atoms with Crippen molar-refractivity contribution < 1.29 is 0 Å². The van der Waals surface area contributed by atoms with Crippen LogP contribution in [0.4, 0.5) is 5.82 Å². The van der Waals surface area contributed by atoms with Gasteiger partial charge in [0.05, 0.1) is 6.20 Å². The number of anilines is 1. The molecular weight excluding hydrogens is 400 g/mol. The van der Waals surface area contributed by atoms with E-state index in [0.29, 0.717) is 12.4 Å². The first-order valence-corrected chi connectivity index (χ1v) is 10.8. The molecule has 0 bridgehead atoms. The van der Waals surface area contributed by atoms with Crippen LogP contribution in [0.2, 0.25) is 0 Å². The number of fused-ring (bicyclic) bond motifs is 1. The van der Waals surface area contributed by atoms with Gasteiger partial charge in [-0.1, -0.05) is 62.4 Å². The van der Waals surface area contributed by atoms with E-state index in [-0.39, 0.29) is 0 Å². The first kappa shape index (κ1) is 19.9. The van der Waals surface area contributed by atoms with Crippen LogP contribution in [0, 0.1) is 0 Å². The minimum atomic E-state index is 0.658. The summed E-state index contributed by atoms with van der Waals surface area (Å²) in [5.41, 5.74) is 7.50. The van der Waals surface area contributed by atoms with Gasteiger partial charge in [0.2, 0.25) is 0 Å². The Balaban J connectivity index is 1.39. The molecule has 160 valence electrons. The summed E-state index contributed by atoms with van der Waals surface area (Å²) >= 11 is 0. The normalized spacial score (nSPS) is 11.2. The highest BCUT2D eigenvalue weighted by molar-refractivity contribution is 5.80. The third-order valence-electron chi connectivity index (χ3n) is 5.61. The van der Waals surface area contributed by atoms with E-state index in [9.17, 15) is 0 Å². The van der Waals surface area contributed by atoms with Crippen molar-refractivity contribution in [2.24, 2.45) is 0 Å². The molecule has 5 aromatic rings. The molecule has 32 heavy (non-hydrogen) atoms. The fraction of sp³-hybridized carbons (Fsp3) is 0.208. The molecular formula is C24H24N8. The molecule has 0 amide bonds. The molecule has 3 aromatic heterocycles. The third kappa shape index (κ3) is 3.71. The quantitative estimate of drug-likeness (QED) is 0.404. The zero-order chi connectivity index (χ0) is 21.9. The lowest BCUT2D eigenvalue weighted by atomic mass is 9.98. The number of tetrazole rings is 1. The molecule has 0 aliphatic rings. The first-order valence-electron chi connectivity index (χ1n) is 10.8. The van der Waals surface area contributed by atoms with E-state index in [1.807, 2.05) is 28.9 Å². The molecule has 2 N–H and O–H groups in total. The number of benzene rings is 2. The number of nitrogens with zero attached hydrogens (tertiary/aromatic N) is 6. The number of nitrogens with one attached hydrogen (secondary N) is 2. The third-order valence-corrected chi connectivity index (χ3v) is 5.61. The van der Waals surface area contributed by atoms with Crippen LogP contribution in [-0.4, -0.2) is 35.2 Å². The molecule has 0 aliphatic carbocycles. The fourth-order valence-electron chi connectivity index (χ4n) is 3.82. The Hall–Kier alpha value is -4.07.